The number of hydrogen-bond acceptors (Lipinski definition) is 5. The molecule has 4 nitrogen and oxygen atoms in total. The summed E-state index contributed by atoms with van der Waals surface area (Å²) in [6.07, 6.45) is 0.732. The lowest BCUT2D eigenvalue weighted by atomic mass is 10.3. The number of thiazole rings is 1. The van der Waals surface area contributed by atoms with Gasteiger partial charge in [0.25, 0.3) is 0 Å². The molecule has 0 unspecified atom stereocenters. The summed E-state index contributed by atoms with van der Waals surface area (Å²) in [6.45, 7) is 0. The highest BCUT2D eigenvalue weighted by Crippen LogP contribution is 2.23. The van der Waals surface area contributed by atoms with E-state index in [0.717, 1.165) is 28.5 Å². The summed E-state index contributed by atoms with van der Waals surface area (Å²) in [5, 5.41) is 12.3. The minimum atomic E-state index is 0.732. The van der Waals surface area contributed by atoms with Gasteiger partial charge in [-0.3, -0.25) is 0 Å². The van der Waals surface area contributed by atoms with E-state index < -0.39 is 0 Å². The summed E-state index contributed by atoms with van der Waals surface area (Å²) in [5.41, 5.74) is 1.99. The van der Waals surface area contributed by atoms with Gasteiger partial charge in [-0.1, -0.05) is 12.1 Å². The molecule has 0 aliphatic heterocycles. The minimum absolute atomic E-state index is 0.732. The highest BCUT2D eigenvalue weighted by molar-refractivity contribution is 7.18. The third kappa shape index (κ3) is 2.17. The maximum atomic E-state index is 4.59. The van der Waals surface area contributed by atoms with Crippen LogP contribution in [-0.4, -0.2) is 22.2 Å². The van der Waals surface area contributed by atoms with Crippen molar-refractivity contribution in [2.24, 2.45) is 0 Å². The fraction of sp³-hybridized carbons (Fsp3) is 0.154. The lowest BCUT2D eigenvalue weighted by molar-refractivity contribution is 0.935. The molecular weight excluding hydrogens is 244 g/mol. The first-order chi connectivity index (χ1) is 8.85. The Hall–Kier alpha value is -2.01. The van der Waals surface area contributed by atoms with Crippen molar-refractivity contribution in [3.8, 4) is 0 Å². The molecule has 0 fully saturated rings. The molecule has 5 heteroatoms. The molecule has 0 aliphatic rings. The van der Waals surface area contributed by atoms with Crippen LogP contribution in [0.2, 0.25) is 0 Å². The van der Waals surface area contributed by atoms with Gasteiger partial charge in [0.1, 0.15) is 5.82 Å². The third-order valence-corrected chi connectivity index (χ3v) is 3.68. The Morgan fingerprint density at radius 2 is 2.00 bits per heavy atom. The molecule has 0 atom stereocenters. The zero-order valence-corrected chi connectivity index (χ0v) is 10.7. The molecule has 1 N–H and O–H groups in total. The Morgan fingerprint density at radius 1 is 1.11 bits per heavy atom. The first-order valence-corrected chi connectivity index (χ1v) is 6.51. The highest BCUT2D eigenvalue weighted by Gasteiger charge is 2.05. The standard InChI is InChI=1S/C13H12N4S/c1-14-12-7-6-9(16-17-12)8-13-15-10-4-2-3-5-11(10)18-13/h2-7H,8H2,1H3,(H,14,17). The van der Waals surface area contributed by atoms with E-state index in [2.05, 4.69) is 26.6 Å². The van der Waals surface area contributed by atoms with Crippen LogP contribution in [0.4, 0.5) is 5.82 Å². The Balaban J connectivity index is 1.86. The Labute approximate surface area is 109 Å². The number of anilines is 1. The van der Waals surface area contributed by atoms with Crippen molar-refractivity contribution in [3.63, 3.8) is 0 Å². The number of para-hydroxylation sites is 1. The summed E-state index contributed by atoms with van der Waals surface area (Å²) < 4.78 is 1.22. The van der Waals surface area contributed by atoms with E-state index in [1.165, 1.54) is 4.70 Å². The summed E-state index contributed by atoms with van der Waals surface area (Å²) in [6, 6.07) is 12.1. The molecule has 18 heavy (non-hydrogen) atoms. The molecule has 1 aromatic carbocycles. The fourth-order valence-electron chi connectivity index (χ4n) is 1.74. The molecule has 0 bridgehead atoms. The Kier molecular flexibility index (Phi) is 2.90. The Bertz CT molecular complexity index is 627. The second-order valence-corrected chi connectivity index (χ2v) is 5.03. The van der Waals surface area contributed by atoms with Gasteiger partial charge >= 0.3 is 0 Å². The van der Waals surface area contributed by atoms with Gasteiger partial charge in [-0.15, -0.1) is 16.4 Å². The van der Waals surface area contributed by atoms with Crippen molar-refractivity contribution in [3.05, 3.63) is 47.1 Å². The second-order valence-electron chi connectivity index (χ2n) is 3.91. The van der Waals surface area contributed by atoms with E-state index in [1.807, 2.05) is 37.4 Å². The molecule has 2 aromatic heterocycles. The fourth-order valence-corrected chi connectivity index (χ4v) is 2.72. The van der Waals surface area contributed by atoms with E-state index in [0.29, 0.717) is 0 Å². The SMILES string of the molecule is CNc1ccc(Cc2nc3ccccc3s2)nn1. The first-order valence-electron chi connectivity index (χ1n) is 5.70. The van der Waals surface area contributed by atoms with E-state index in [1.54, 1.807) is 11.3 Å². The largest absolute Gasteiger partial charge is 0.372 e. The maximum Gasteiger partial charge on any atom is 0.148 e. The van der Waals surface area contributed by atoms with E-state index in [-0.39, 0.29) is 0 Å². The maximum absolute atomic E-state index is 4.59. The van der Waals surface area contributed by atoms with Crippen LogP contribution in [0.15, 0.2) is 36.4 Å². The summed E-state index contributed by atoms with van der Waals surface area (Å²) in [4.78, 5) is 4.59. The summed E-state index contributed by atoms with van der Waals surface area (Å²) in [5.74, 6) is 0.781. The number of benzene rings is 1. The van der Waals surface area contributed by atoms with Crippen molar-refractivity contribution < 1.29 is 0 Å². The zero-order valence-electron chi connectivity index (χ0n) is 9.92. The van der Waals surface area contributed by atoms with Crippen LogP contribution in [0, 0.1) is 0 Å². The van der Waals surface area contributed by atoms with E-state index in [4.69, 9.17) is 0 Å². The first kappa shape index (κ1) is 11.1. The molecular formula is C13H12N4S. The van der Waals surface area contributed by atoms with E-state index in [9.17, 15) is 0 Å². The molecule has 0 radical (unpaired) electrons. The minimum Gasteiger partial charge on any atom is -0.372 e. The van der Waals surface area contributed by atoms with Gasteiger partial charge in [-0.2, -0.15) is 5.10 Å². The van der Waals surface area contributed by atoms with Gasteiger partial charge in [-0.05, 0) is 24.3 Å². The molecule has 90 valence electrons. The van der Waals surface area contributed by atoms with Crippen molar-refractivity contribution in [2.75, 3.05) is 12.4 Å². The van der Waals surface area contributed by atoms with Crippen LogP contribution in [0.1, 0.15) is 10.7 Å². The molecule has 2 heterocycles. The average Bonchev–Trinajstić information content (AvgIpc) is 2.82. The molecule has 0 saturated heterocycles. The van der Waals surface area contributed by atoms with Gasteiger partial charge in [-0.25, -0.2) is 4.98 Å². The van der Waals surface area contributed by atoms with Crippen LogP contribution in [-0.2, 0) is 6.42 Å². The molecule has 3 rings (SSSR count). The summed E-state index contributed by atoms with van der Waals surface area (Å²) in [7, 11) is 1.83. The molecule has 0 aliphatic carbocycles. The predicted octanol–water partition coefficient (Wildman–Crippen LogP) is 2.72. The van der Waals surface area contributed by atoms with Crippen molar-refractivity contribution >= 4 is 27.4 Å². The normalized spacial score (nSPS) is 10.7. The number of rotatable bonds is 3. The molecule has 0 spiro atoms. The number of hydrogen-bond donors (Lipinski definition) is 1. The monoisotopic (exact) mass is 256 g/mol. The topological polar surface area (TPSA) is 50.7 Å². The molecule has 3 aromatic rings. The third-order valence-electron chi connectivity index (χ3n) is 2.65. The molecule has 0 amide bonds. The van der Waals surface area contributed by atoms with Gasteiger partial charge in [0.2, 0.25) is 0 Å². The smallest absolute Gasteiger partial charge is 0.148 e. The number of aromatic nitrogens is 3. The van der Waals surface area contributed by atoms with Crippen LogP contribution < -0.4 is 5.32 Å². The predicted molar refractivity (Wildman–Crippen MR) is 74.0 cm³/mol. The van der Waals surface area contributed by atoms with Crippen LogP contribution in [0.3, 0.4) is 0 Å². The van der Waals surface area contributed by atoms with Gasteiger partial charge in [0.15, 0.2) is 0 Å². The average molecular weight is 256 g/mol. The van der Waals surface area contributed by atoms with Crippen LogP contribution in [0.5, 0.6) is 0 Å². The van der Waals surface area contributed by atoms with Gasteiger partial charge < -0.3 is 5.32 Å². The Morgan fingerprint density at radius 3 is 2.72 bits per heavy atom. The lowest BCUT2D eigenvalue weighted by Crippen LogP contribution is -1.98. The van der Waals surface area contributed by atoms with Crippen LogP contribution >= 0.6 is 11.3 Å². The van der Waals surface area contributed by atoms with E-state index >= 15 is 0 Å². The highest BCUT2D eigenvalue weighted by atomic mass is 32.1. The second kappa shape index (κ2) is 4.70. The quantitative estimate of drug-likeness (QED) is 0.783. The zero-order chi connectivity index (χ0) is 12.4. The molecule has 0 saturated carbocycles. The van der Waals surface area contributed by atoms with Gasteiger partial charge in [0, 0.05) is 13.5 Å². The number of nitrogens with one attached hydrogen (secondary N) is 1. The van der Waals surface area contributed by atoms with Crippen molar-refractivity contribution in [1.82, 2.24) is 15.2 Å². The summed E-state index contributed by atoms with van der Waals surface area (Å²) >= 11 is 1.71. The van der Waals surface area contributed by atoms with Crippen molar-refractivity contribution in [2.45, 2.75) is 6.42 Å². The number of nitrogens with zero attached hydrogens (tertiary/aromatic N) is 3. The number of fused-ring (bicyclic) bond motifs is 1. The lowest BCUT2D eigenvalue weighted by Gasteiger charge is -1.99. The van der Waals surface area contributed by atoms with Gasteiger partial charge in [0.05, 0.1) is 20.9 Å². The van der Waals surface area contributed by atoms with Crippen LogP contribution in [0.25, 0.3) is 10.2 Å². The van der Waals surface area contributed by atoms with Crippen molar-refractivity contribution in [1.29, 1.82) is 0 Å².